The Balaban J connectivity index is 1.90. The highest BCUT2D eigenvalue weighted by atomic mass is 32.2. The molecule has 0 aliphatic rings. The van der Waals surface area contributed by atoms with E-state index in [1.165, 1.54) is 23.7 Å². The fraction of sp³-hybridized carbons (Fsp3) is 0.200. The minimum absolute atomic E-state index is 0.112. The second-order valence-corrected chi connectivity index (χ2v) is 6.14. The molecule has 0 unspecified atom stereocenters. The molecule has 0 bridgehead atoms. The molecular weight excluding hydrogens is 286 g/mol. The molecule has 0 aliphatic carbocycles. The van der Waals surface area contributed by atoms with Crippen molar-refractivity contribution in [2.24, 2.45) is 5.14 Å². The predicted molar refractivity (Wildman–Crippen MR) is 74.3 cm³/mol. The lowest BCUT2D eigenvalue weighted by atomic mass is 10.1. The average molecular weight is 299 g/mol. The molecule has 5 N–H and O–H groups in total. The van der Waals surface area contributed by atoms with Gasteiger partial charge in [-0.2, -0.15) is 9.36 Å². The maximum absolute atomic E-state index is 11.1. The van der Waals surface area contributed by atoms with Crippen LogP contribution in [0.15, 0.2) is 29.2 Å². The third-order valence-electron chi connectivity index (χ3n) is 2.38. The molecule has 0 atom stereocenters. The van der Waals surface area contributed by atoms with Crippen molar-refractivity contribution in [2.75, 3.05) is 17.6 Å². The van der Waals surface area contributed by atoms with Crippen LogP contribution in [0.4, 0.5) is 11.1 Å². The summed E-state index contributed by atoms with van der Waals surface area (Å²) in [5, 5.41) is 8.77. The molecule has 1 heterocycles. The van der Waals surface area contributed by atoms with E-state index in [4.69, 9.17) is 10.9 Å². The summed E-state index contributed by atoms with van der Waals surface area (Å²) in [6.07, 6.45) is 0.727. The molecule has 0 amide bonds. The van der Waals surface area contributed by atoms with Crippen molar-refractivity contribution >= 4 is 32.6 Å². The zero-order valence-electron chi connectivity index (χ0n) is 9.91. The summed E-state index contributed by atoms with van der Waals surface area (Å²) in [6.45, 7) is 0.656. The fourth-order valence-corrected chi connectivity index (χ4v) is 2.50. The summed E-state index contributed by atoms with van der Waals surface area (Å²) in [7, 11) is -3.63. The van der Waals surface area contributed by atoms with Gasteiger partial charge >= 0.3 is 0 Å². The lowest BCUT2D eigenvalue weighted by molar-refractivity contribution is 0.598. The Morgan fingerprint density at radius 2 is 1.95 bits per heavy atom. The lowest BCUT2D eigenvalue weighted by Crippen LogP contribution is -2.12. The minimum Gasteiger partial charge on any atom is -0.367 e. The van der Waals surface area contributed by atoms with Crippen LogP contribution in [0.1, 0.15) is 5.56 Å². The molecule has 102 valence electrons. The van der Waals surface area contributed by atoms with Gasteiger partial charge < -0.3 is 11.1 Å². The van der Waals surface area contributed by atoms with Crippen LogP contribution in [-0.4, -0.2) is 24.3 Å². The monoisotopic (exact) mass is 299 g/mol. The summed E-state index contributed by atoms with van der Waals surface area (Å²) in [6, 6.07) is 6.45. The van der Waals surface area contributed by atoms with Gasteiger partial charge in [0.05, 0.1) is 4.90 Å². The third kappa shape index (κ3) is 3.88. The van der Waals surface area contributed by atoms with Crippen LogP contribution in [0.25, 0.3) is 0 Å². The normalized spacial score (nSPS) is 11.4. The van der Waals surface area contributed by atoms with Crippen LogP contribution in [-0.2, 0) is 16.4 Å². The molecule has 7 nitrogen and oxygen atoms in total. The van der Waals surface area contributed by atoms with Crippen LogP contribution in [0.5, 0.6) is 0 Å². The second kappa shape index (κ2) is 5.51. The van der Waals surface area contributed by atoms with Crippen molar-refractivity contribution in [1.29, 1.82) is 0 Å². The number of nitrogens with zero attached hydrogens (tertiary/aromatic N) is 2. The van der Waals surface area contributed by atoms with E-state index in [9.17, 15) is 8.42 Å². The van der Waals surface area contributed by atoms with E-state index in [-0.39, 0.29) is 10.8 Å². The quantitative estimate of drug-likeness (QED) is 0.735. The number of nitrogens with one attached hydrogen (secondary N) is 1. The summed E-state index contributed by atoms with van der Waals surface area (Å²) in [4.78, 5) is 4.08. The SMILES string of the molecule is Nc1nsc(NCCc2ccc(S(N)(=O)=O)cc2)n1. The summed E-state index contributed by atoms with van der Waals surface area (Å²) in [5.74, 6) is 0.255. The molecule has 2 aromatic rings. The number of nitrogen functional groups attached to an aromatic ring is 1. The second-order valence-electron chi connectivity index (χ2n) is 3.82. The first-order chi connectivity index (χ1) is 8.95. The number of benzene rings is 1. The van der Waals surface area contributed by atoms with Crippen LogP contribution in [0.3, 0.4) is 0 Å². The van der Waals surface area contributed by atoms with Crippen LogP contribution < -0.4 is 16.2 Å². The maximum atomic E-state index is 11.1. The van der Waals surface area contributed by atoms with Gasteiger partial charge in [0.15, 0.2) is 0 Å². The molecule has 9 heteroatoms. The molecule has 0 spiro atoms. The van der Waals surface area contributed by atoms with E-state index in [1.807, 2.05) is 0 Å². The highest BCUT2D eigenvalue weighted by Crippen LogP contribution is 2.12. The van der Waals surface area contributed by atoms with E-state index in [1.54, 1.807) is 12.1 Å². The van der Waals surface area contributed by atoms with Crippen molar-refractivity contribution in [1.82, 2.24) is 9.36 Å². The van der Waals surface area contributed by atoms with Crippen LogP contribution >= 0.6 is 11.5 Å². The van der Waals surface area contributed by atoms with E-state index >= 15 is 0 Å². The average Bonchev–Trinajstić information content (AvgIpc) is 2.75. The highest BCUT2D eigenvalue weighted by Gasteiger charge is 2.06. The summed E-state index contributed by atoms with van der Waals surface area (Å²) < 4.78 is 26.0. The number of aromatic nitrogens is 2. The van der Waals surface area contributed by atoms with Crippen molar-refractivity contribution in [3.8, 4) is 0 Å². The Labute approximate surface area is 114 Å². The van der Waals surface area contributed by atoms with Crippen molar-refractivity contribution in [3.63, 3.8) is 0 Å². The van der Waals surface area contributed by atoms with Crippen molar-refractivity contribution < 1.29 is 8.42 Å². The third-order valence-corrected chi connectivity index (χ3v) is 4.00. The van der Waals surface area contributed by atoms with Gasteiger partial charge in [0.2, 0.25) is 21.1 Å². The van der Waals surface area contributed by atoms with E-state index < -0.39 is 10.0 Å². The first-order valence-electron chi connectivity index (χ1n) is 5.40. The predicted octanol–water partition coefficient (Wildman–Crippen LogP) is 0.422. The fourth-order valence-electron chi connectivity index (χ4n) is 1.47. The number of sulfonamides is 1. The van der Waals surface area contributed by atoms with Gasteiger partial charge in [-0.3, -0.25) is 0 Å². The molecule has 1 aromatic heterocycles. The largest absolute Gasteiger partial charge is 0.367 e. The van der Waals surface area contributed by atoms with E-state index in [0.717, 1.165) is 12.0 Å². The van der Waals surface area contributed by atoms with Gasteiger partial charge in [-0.15, -0.1) is 0 Å². The van der Waals surface area contributed by atoms with Crippen molar-refractivity contribution in [3.05, 3.63) is 29.8 Å². The Bertz CT molecular complexity index is 651. The molecule has 2 rings (SSSR count). The molecule has 0 saturated carbocycles. The number of hydrogen-bond acceptors (Lipinski definition) is 7. The van der Waals surface area contributed by atoms with E-state index in [0.29, 0.717) is 11.7 Å². The van der Waals surface area contributed by atoms with Crippen molar-refractivity contribution in [2.45, 2.75) is 11.3 Å². The number of anilines is 2. The first-order valence-corrected chi connectivity index (χ1v) is 7.72. The zero-order valence-corrected chi connectivity index (χ0v) is 11.5. The van der Waals surface area contributed by atoms with Crippen LogP contribution in [0.2, 0.25) is 0 Å². The Kier molecular flexibility index (Phi) is 3.98. The van der Waals surface area contributed by atoms with Gasteiger partial charge in [-0.25, -0.2) is 13.6 Å². The van der Waals surface area contributed by atoms with Crippen LogP contribution in [0, 0.1) is 0 Å². The molecule has 0 fully saturated rings. The molecule has 1 aromatic carbocycles. The molecule has 0 radical (unpaired) electrons. The zero-order chi connectivity index (χ0) is 13.9. The van der Waals surface area contributed by atoms with Gasteiger partial charge in [0, 0.05) is 18.1 Å². The number of rotatable bonds is 5. The smallest absolute Gasteiger partial charge is 0.238 e. The Hall–Kier alpha value is -1.71. The standard InChI is InChI=1S/C10H13N5O2S2/c11-9-14-10(18-15-9)13-6-5-7-1-3-8(4-2-7)19(12,16)17/h1-4H,5-6H2,(H2,12,16,17)(H3,11,13,14,15). The topological polar surface area (TPSA) is 124 Å². The van der Waals surface area contributed by atoms with Gasteiger partial charge in [-0.1, -0.05) is 12.1 Å². The summed E-state index contributed by atoms with van der Waals surface area (Å²) >= 11 is 1.20. The Morgan fingerprint density at radius 1 is 1.26 bits per heavy atom. The van der Waals surface area contributed by atoms with Gasteiger partial charge in [0.1, 0.15) is 0 Å². The molecular formula is C10H13N5O2S2. The highest BCUT2D eigenvalue weighted by molar-refractivity contribution is 7.89. The molecule has 19 heavy (non-hydrogen) atoms. The van der Waals surface area contributed by atoms with Gasteiger partial charge in [-0.05, 0) is 24.1 Å². The minimum atomic E-state index is -3.63. The first kappa shape index (κ1) is 13.7. The van der Waals surface area contributed by atoms with E-state index in [2.05, 4.69) is 14.7 Å². The lowest BCUT2D eigenvalue weighted by Gasteiger charge is -2.03. The summed E-state index contributed by atoms with van der Waals surface area (Å²) in [5.41, 5.74) is 6.40. The number of hydrogen-bond donors (Lipinski definition) is 3. The van der Waals surface area contributed by atoms with Gasteiger partial charge in [0.25, 0.3) is 0 Å². The maximum Gasteiger partial charge on any atom is 0.238 e. The molecule has 0 saturated heterocycles. The number of nitrogens with two attached hydrogens (primary N) is 2. The Morgan fingerprint density at radius 3 is 2.47 bits per heavy atom. The number of primary sulfonamides is 1. The molecule has 0 aliphatic heterocycles.